The second kappa shape index (κ2) is 9.52. The summed E-state index contributed by atoms with van der Waals surface area (Å²) in [5, 5.41) is 9.35. The molecule has 2 aromatic heterocycles. The van der Waals surface area contributed by atoms with E-state index in [2.05, 4.69) is 27.9 Å². The Kier molecular flexibility index (Phi) is 6.43. The van der Waals surface area contributed by atoms with Crippen LogP contribution in [0, 0.1) is 6.92 Å². The van der Waals surface area contributed by atoms with Crippen LogP contribution in [-0.2, 0) is 9.47 Å². The van der Waals surface area contributed by atoms with Crippen molar-refractivity contribution < 1.29 is 14.3 Å². The Balaban J connectivity index is 1.04. The summed E-state index contributed by atoms with van der Waals surface area (Å²) in [6.07, 6.45) is 12.7. The normalized spacial score (nSPS) is 28.6. The van der Waals surface area contributed by atoms with E-state index in [9.17, 15) is 4.79 Å². The summed E-state index contributed by atoms with van der Waals surface area (Å²) in [5.74, 6) is -0.201. The van der Waals surface area contributed by atoms with Crippen LogP contribution in [0.4, 0.5) is 0 Å². The topological polar surface area (TPSA) is 68.6 Å². The van der Waals surface area contributed by atoms with E-state index in [1.807, 2.05) is 0 Å². The van der Waals surface area contributed by atoms with Gasteiger partial charge in [-0.15, -0.1) is 11.3 Å². The van der Waals surface area contributed by atoms with Crippen molar-refractivity contribution in [2.45, 2.75) is 101 Å². The molecule has 0 radical (unpaired) electrons. The molecule has 2 aromatic rings. The van der Waals surface area contributed by atoms with Crippen LogP contribution in [0.2, 0.25) is 0 Å². The van der Waals surface area contributed by atoms with Crippen molar-refractivity contribution in [2.75, 3.05) is 26.3 Å². The van der Waals surface area contributed by atoms with Crippen LogP contribution < -0.4 is 5.32 Å². The highest BCUT2D eigenvalue weighted by Crippen LogP contribution is 2.36. The maximum Gasteiger partial charge on any atom is 0.261 e. The fourth-order valence-electron chi connectivity index (χ4n) is 6.61. The number of amides is 1. The average Bonchev–Trinajstić information content (AvgIpc) is 3.58. The fourth-order valence-corrected chi connectivity index (χ4v) is 7.75. The summed E-state index contributed by atoms with van der Waals surface area (Å²) in [4.78, 5) is 17.8. The number of nitrogens with one attached hydrogen (secondary N) is 1. The van der Waals surface area contributed by atoms with Crippen molar-refractivity contribution in [1.82, 2.24) is 20.0 Å². The number of fused-ring (bicyclic) bond motifs is 1. The SMILES string of the molecule is Cc1nn(C2CCCCC2)c2sc(C(=O)NC3CCC(N4CCC5(CC4)OCCO5)CC3)cc12. The van der Waals surface area contributed by atoms with Gasteiger partial charge in [-0.2, -0.15) is 5.10 Å². The smallest absolute Gasteiger partial charge is 0.261 e. The molecule has 4 aliphatic rings. The first-order valence-electron chi connectivity index (χ1n) is 13.4. The number of piperidine rings is 1. The first-order valence-corrected chi connectivity index (χ1v) is 14.2. The van der Waals surface area contributed by atoms with Crippen LogP contribution in [0.15, 0.2) is 6.07 Å². The molecule has 186 valence electrons. The predicted octanol–water partition coefficient (Wildman–Crippen LogP) is 4.79. The number of carbonyl (C=O) groups is 1. The van der Waals surface area contributed by atoms with Gasteiger partial charge in [0.25, 0.3) is 5.91 Å². The highest BCUT2D eigenvalue weighted by molar-refractivity contribution is 7.20. The fraction of sp³-hybridized carbons (Fsp3) is 0.769. The van der Waals surface area contributed by atoms with Crippen molar-refractivity contribution in [2.24, 2.45) is 0 Å². The summed E-state index contributed by atoms with van der Waals surface area (Å²) >= 11 is 1.62. The van der Waals surface area contributed by atoms with Gasteiger partial charge < -0.3 is 14.8 Å². The van der Waals surface area contributed by atoms with Gasteiger partial charge in [0.15, 0.2) is 5.79 Å². The van der Waals surface area contributed by atoms with Crippen LogP contribution in [0.25, 0.3) is 10.2 Å². The number of aromatic nitrogens is 2. The largest absolute Gasteiger partial charge is 0.349 e. The Morgan fingerprint density at radius 3 is 2.44 bits per heavy atom. The Morgan fingerprint density at radius 1 is 1.03 bits per heavy atom. The highest BCUT2D eigenvalue weighted by Gasteiger charge is 2.41. The van der Waals surface area contributed by atoms with Crippen LogP contribution in [0.1, 0.15) is 92.0 Å². The third-order valence-electron chi connectivity index (χ3n) is 8.63. The van der Waals surface area contributed by atoms with Crippen molar-refractivity contribution in [3.8, 4) is 0 Å². The molecule has 0 aromatic carbocycles. The molecule has 0 unspecified atom stereocenters. The molecule has 34 heavy (non-hydrogen) atoms. The quantitative estimate of drug-likeness (QED) is 0.673. The van der Waals surface area contributed by atoms with Gasteiger partial charge in [0, 0.05) is 43.4 Å². The number of carbonyl (C=O) groups excluding carboxylic acids is 1. The number of hydrogen-bond acceptors (Lipinski definition) is 6. The second-order valence-electron chi connectivity index (χ2n) is 10.8. The molecule has 2 aliphatic heterocycles. The lowest BCUT2D eigenvalue weighted by Gasteiger charge is -2.43. The van der Waals surface area contributed by atoms with Gasteiger partial charge in [-0.25, -0.2) is 0 Å². The van der Waals surface area contributed by atoms with E-state index in [1.165, 1.54) is 36.9 Å². The summed E-state index contributed by atoms with van der Waals surface area (Å²) in [7, 11) is 0. The average molecular weight is 487 g/mol. The Bertz CT molecular complexity index is 1000. The van der Waals surface area contributed by atoms with Crippen LogP contribution in [0.5, 0.6) is 0 Å². The molecular formula is C26H38N4O3S. The molecule has 4 fully saturated rings. The van der Waals surface area contributed by atoms with Gasteiger partial charge in [0.05, 0.1) is 29.8 Å². The zero-order valence-electron chi connectivity index (χ0n) is 20.4. The van der Waals surface area contributed by atoms with Gasteiger partial charge in [0.2, 0.25) is 0 Å². The van der Waals surface area contributed by atoms with E-state index >= 15 is 0 Å². The number of aryl methyl sites for hydroxylation is 1. The zero-order chi connectivity index (χ0) is 23.1. The standard InChI is InChI=1S/C26H38N4O3S/c1-18-22-17-23(34-25(22)30(28-18)21-5-3-2-4-6-21)24(31)27-19-7-9-20(10-8-19)29-13-11-26(12-14-29)32-15-16-33-26/h17,19-21H,2-16H2,1H3,(H,27,31). The van der Waals surface area contributed by atoms with Gasteiger partial charge in [-0.05, 0) is 51.5 Å². The van der Waals surface area contributed by atoms with Crippen molar-refractivity contribution in [3.05, 3.63) is 16.6 Å². The number of thiophene rings is 1. The van der Waals surface area contributed by atoms with Crippen molar-refractivity contribution in [3.63, 3.8) is 0 Å². The number of ether oxygens (including phenoxy) is 2. The molecule has 1 amide bonds. The van der Waals surface area contributed by atoms with Crippen molar-refractivity contribution in [1.29, 1.82) is 0 Å². The lowest BCUT2D eigenvalue weighted by molar-refractivity contribution is -0.188. The monoisotopic (exact) mass is 486 g/mol. The molecule has 8 heteroatoms. The van der Waals surface area contributed by atoms with E-state index in [0.29, 0.717) is 12.1 Å². The molecule has 7 nitrogen and oxygen atoms in total. The summed E-state index contributed by atoms with van der Waals surface area (Å²) in [6, 6.07) is 3.47. The highest BCUT2D eigenvalue weighted by atomic mass is 32.1. The van der Waals surface area contributed by atoms with Crippen LogP contribution in [-0.4, -0.2) is 64.8 Å². The molecule has 2 saturated heterocycles. The maximum atomic E-state index is 13.1. The lowest BCUT2D eigenvalue weighted by atomic mass is 9.88. The van der Waals surface area contributed by atoms with Gasteiger partial charge in [-0.1, -0.05) is 19.3 Å². The number of likely N-dealkylation sites (tertiary alicyclic amines) is 1. The molecular weight excluding hydrogens is 448 g/mol. The van der Waals surface area contributed by atoms with Gasteiger partial charge in [0.1, 0.15) is 4.83 Å². The number of rotatable bonds is 4. The summed E-state index contributed by atoms with van der Waals surface area (Å²) in [5.41, 5.74) is 1.05. The second-order valence-corrected chi connectivity index (χ2v) is 11.8. The number of nitrogens with zero attached hydrogens (tertiary/aromatic N) is 3. The third kappa shape index (κ3) is 4.43. The number of hydrogen-bond donors (Lipinski definition) is 1. The van der Waals surface area contributed by atoms with Gasteiger partial charge >= 0.3 is 0 Å². The maximum absolute atomic E-state index is 13.1. The Morgan fingerprint density at radius 2 is 1.74 bits per heavy atom. The lowest BCUT2D eigenvalue weighted by Crippen LogP contribution is -2.51. The molecule has 0 atom stereocenters. The first-order chi connectivity index (χ1) is 16.6. The molecule has 2 saturated carbocycles. The third-order valence-corrected chi connectivity index (χ3v) is 9.76. The molecule has 4 heterocycles. The molecule has 2 aliphatic carbocycles. The Labute approximate surface area is 206 Å². The summed E-state index contributed by atoms with van der Waals surface area (Å²) < 4.78 is 14.0. The minimum atomic E-state index is -0.293. The zero-order valence-corrected chi connectivity index (χ0v) is 21.2. The van der Waals surface area contributed by atoms with E-state index in [0.717, 1.165) is 80.8 Å². The van der Waals surface area contributed by atoms with Crippen LogP contribution in [0.3, 0.4) is 0 Å². The van der Waals surface area contributed by atoms with E-state index in [-0.39, 0.29) is 17.7 Å². The predicted molar refractivity (Wildman–Crippen MR) is 133 cm³/mol. The van der Waals surface area contributed by atoms with Gasteiger partial charge in [-0.3, -0.25) is 14.4 Å². The first kappa shape index (κ1) is 23.0. The minimum Gasteiger partial charge on any atom is -0.349 e. The molecule has 0 bridgehead atoms. The van der Waals surface area contributed by atoms with E-state index in [1.54, 1.807) is 11.3 Å². The minimum absolute atomic E-state index is 0.0923. The molecule has 1 spiro atoms. The van der Waals surface area contributed by atoms with E-state index in [4.69, 9.17) is 14.6 Å². The van der Waals surface area contributed by atoms with Crippen molar-refractivity contribution >= 4 is 27.5 Å². The molecule has 6 rings (SSSR count). The van der Waals surface area contributed by atoms with Crippen LogP contribution >= 0.6 is 11.3 Å². The molecule has 1 N–H and O–H groups in total. The van der Waals surface area contributed by atoms with E-state index < -0.39 is 0 Å². The Hall–Kier alpha value is -1.48. The summed E-state index contributed by atoms with van der Waals surface area (Å²) in [6.45, 7) is 5.67.